The monoisotopic (exact) mass is 1070 g/mol. The van der Waals surface area contributed by atoms with E-state index in [9.17, 15) is 14.4 Å². The van der Waals surface area contributed by atoms with Crippen LogP contribution in [0.1, 0.15) is 387 Å². The van der Waals surface area contributed by atoms with Crippen LogP contribution in [0.25, 0.3) is 0 Å². The molecule has 1 unspecified atom stereocenters. The van der Waals surface area contributed by atoms with Crippen LogP contribution in [0.3, 0.4) is 0 Å². The number of ether oxygens (including phenoxy) is 3. The Morgan fingerprint density at radius 3 is 0.671 bits per heavy atom. The van der Waals surface area contributed by atoms with Crippen molar-refractivity contribution in [2.75, 3.05) is 13.2 Å². The summed E-state index contributed by atoms with van der Waals surface area (Å²) in [6.45, 7) is 6.68. The van der Waals surface area contributed by atoms with Gasteiger partial charge in [-0.05, 0) is 70.6 Å². The fraction of sp³-hybridized carbons (Fsp3) is 0.900. The third-order valence-electron chi connectivity index (χ3n) is 15.7. The third-order valence-corrected chi connectivity index (χ3v) is 15.7. The highest BCUT2D eigenvalue weighted by molar-refractivity contribution is 5.71. The number of allylic oxidation sites excluding steroid dienone is 4. The van der Waals surface area contributed by atoms with Gasteiger partial charge in [0.1, 0.15) is 13.2 Å². The Labute approximate surface area is 474 Å². The van der Waals surface area contributed by atoms with Crippen LogP contribution >= 0.6 is 0 Å². The molecule has 0 N–H and O–H groups in total. The number of esters is 3. The van der Waals surface area contributed by atoms with Gasteiger partial charge in [0, 0.05) is 19.3 Å². The molecule has 0 fully saturated rings. The molecule has 0 heterocycles. The summed E-state index contributed by atoms with van der Waals surface area (Å²) in [5.41, 5.74) is 0. The van der Waals surface area contributed by atoms with Crippen molar-refractivity contribution in [2.24, 2.45) is 0 Å². The minimum atomic E-state index is -0.775. The van der Waals surface area contributed by atoms with Crippen molar-refractivity contribution in [3.63, 3.8) is 0 Å². The predicted octanol–water partition coefficient (Wildman–Crippen LogP) is 23.4. The average Bonchev–Trinajstić information content (AvgIpc) is 3.42. The zero-order valence-electron chi connectivity index (χ0n) is 51.6. The van der Waals surface area contributed by atoms with Gasteiger partial charge in [-0.15, -0.1) is 0 Å². The highest BCUT2D eigenvalue weighted by Crippen LogP contribution is 2.18. The Morgan fingerprint density at radius 2 is 0.434 bits per heavy atom. The molecule has 0 aromatic carbocycles. The molecular weight excluding hydrogens is 937 g/mol. The van der Waals surface area contributed by atoms with Crippen molar-refractivity contribution >= 4 is 17.9 Å². The normalized spacial score (nSPS) is 12.1. The Bertz CT molecular complexity index is 1230. The van der Waals surface area contributed by atoms with Gasteiger partial charge in [-0.2, -0.15) is 0 Å². The molecule has 1 atom stereocenters. The van der Waals surface area contributed by atoms with Crippen molar-refractivity contribution in [1.29, 1.82) is 0 Å². The van der Waals surface area contributed by atoms with E-state index >= 15 is 0 Å². The van der Waals surface area contributed by atoms with Crippen molar-refractivity contribution in [1.82, 2.24) is 0 Å². The maximum absolute atomic E-state index is 12.9. The lowest BCUT2D eigenvalue weighted by molar-refractivity contribution is -0.167. The summed E-state index contributed by atoms with van der Waals surface area (Å²) in [5, 5.41) is 0. The molecule has 0 spiro atoms. The summed E-state index contributed by atoms with van der Waals surface area (Å²) in [6.07, 6.45) is 79.2. The first-order valence-corrected chi connectivity index (χ1v) is 34.3. The number of unbranched alkanes of at least 4 members (excludes halogenated alkanes) is 49. The average molecular weight is 1070 g/mol. The zero-order valence-corrected chi connectivity index (χ0v) is 51.6. The lowest BCUT2D eigenvalue weighted by Crippen LogP contribution is -2.30. The van der Waals surface area contributed by atoms with E-state index in [0.717, 1.165) is 64.2 Å². The molecule has 0 aromatic heterocycles. The van der Waals surface area contributed by atoms with E-state index in [1.165, 1.54) is 283 Å². The van der Waals surface area contributed by atoms with E-state index in [1.54, 1.807) is 0 Å². The summed E-state index contributed by atoms with van der Waals surface area (Å²) in [4.78, 5) is 38.3. The molecule has 0 aliphatic heterocycles. The third kappa shape index (κ3) is 62.7. The van der Waals surface area contributed by atoms with Crippen molar-refractivity contribution < 1.29 is 28.6 Å². The summed E-state index contributed by atoms with van der Waals surface area (Å²) >= 11 is 0. The van der Waals surface area contributed by atoms with E-state index in [4.69, 9.17) is 14.2 Å². The summed E-state index contributed by atoms with van der Waals surface area (Å²) in [7, 11) is 0. The summed E-state index contributed by atoms with van der Waals surface area (Å²) in [5.74, 6) is -0.857. The van der Waals surface area contributed by atoms with Crippen molar-refractivity contribution in [3.05, 3.63) is 24.3 Å². The second kappa shape index (κ2) is 65.4. The maximum atomic E-state index is 12.9. The molecule has 6 heteroatoms. The minimum Gasteiger partial charge on any atom is -0.462 e. The van der Waals surface area contributed by atoms with Gasteiger partial charge in [-0.1, -0.05) is 321 Å². The topological polar surface area (TPSA) is 78.9 Å². The molecular formula is C70H132O6. The minimum absolute atomic E-state index is 0.0706. The fourth-order valence-electron chi connectivity index (χ4n) is 10.5. The van der Waals surface area contributed by atoms with E-state index in [0.29, 0.717) is 19.3 Å². The molecule has 0 amide bonds. The molecule has 0 saturated heterocycles. The molecule has 0 bridgehead atoms. The predicted molar refractivity (Wildman–Crippen MR) is 330 cm³/mol. The molecule has 76 heavy (non-hydrogen) atoms. The standard InChI is InChI=1S/C70H132O6/c1-4-7-10-13-16-19-22-25-27-29-31-32-33-34-35-36-37-38-39-41-42-45-48-51-54-57-60-63-69(72)75-66-67(65-74-68(71)62-59-56-53-50-47-44-24-21-18-15-12-9-6-3)76-70(73)64-61-58-55-52-49-46-43-40-30-28-26-23-20-17-14-11-8-5-2/h21,24,28,30,67H,4-20,22-23,25-27,29,31-66H2,1-3H3/b24-21-,30-28-. The Morgan fingerprint density at radius 1 is 0.250 bits per heavy atom. The van der Waals surface area contributed by atoms with Gasteiger partial charge < -0.3 is 14.2 Å². The molecule has 0 aliphatic rings. The molecule has 0 saturated carbocycles. The molecule has 448 valence electrons. The maximum Gasteiger partial charge on any atom is 0.306 e. The summed E-state index contributed by atoms with van der Waals surface area (Å²) in [6, 6.07) is 0. The van der Waals surface area contributed by atoms with Crippen molar-refractivity contribution in [2.45, 2.75) is 393 Å². The molecule has 0 rings (SSSR count). The van der Waals surface area contributed by atoms with Crippen LogP contribution in [0.2, 0.25) is 0 Å². The van der Waals surface area contributed by atoms with E-state index in [-0.39, 0.29) is 31.1 Å². The molecule has 0 aliphatic carbocycles. The van der Waals surface area contributed by atoms with Gasteiger partial charge in [0.15, 0.2) is 6.10 Å². The second-order valence-electron chi connectivity index (χ2n) is 23.4. The fourth-order valence-corrected chi connectivity index (χ4v) is 10.5. The van der Waals surface area contributed by atoms with Gasteiger partial charge in [0.25, 0.3) is 0 Å². The van der Waals surface area contributed by atoms with E-state index in [2.05, 4.69) is 45.1 Å². The first-order valence-electron chi connectivity index (χ1n) is 34.3. The van der Waals surface area contributed by atoms with Crippen LogP contribution in [0.15, 0.2) is 24.3 Å². The molecule has 0 aromatic rings. The lowest BCUT2D eigenvalue weighted by Gasteiger charge is -2.18. The van der Waals surface area contributed by atoms with Gasteiger partial charge in [0.2, 0.25) is 0 Å². The molecule has 6 nitrogen and oxygen atoms in total. The van der Waals surface area contributed by atoms with E-state index < -0.39 is 6.10 Å². The first-order chi connectivity index (χ1) is 37.5. The van der Waals surface area contributed by atoms with Gasteiger partial charge in [-0.3, -0.25) is 14.4 Å². The van der Waals surface area contributed by atoms with E-state index in [1.807, 2.05) is 0 Å². The molecule has 0 radical (unpaired) electrons. The highest BCUT2D eigenvalue weighted by Gasteiger charge is 2.19. The number of hydrogen-bond acceptors (Lipinski definition) is 6. The van der Waals surface area contributed by atoms with Gasteiger partial charge in [-0.25, -0.2) is 0 Å². The number of rotatable bonds is 64. The van der Waals surface area contributed by atoms with Crippen LogP contribution < -0.4 is 0 Å². The second-order valence-corrected chi connectivity index (χ2v) is 23.4. The summed E-state index contributed by atoms with van der Waals surface area (Å²) < 4.78 is 17.0. The van der Waals surface area contributed by atoms with Crippen LogP contribution in [-0.2, 0) is 28.6 Å². The quantitative estimate of drug-likeness (QED) is 0.0261. The van der Waals surface area contributed by atoms with Crippen LogP contribution in [0.5, 0.6) is 0 Å². The lowest BCUT2D eigenvalue weighted by atomic mass is 10.0. The number of hydrogen-bond donors (Lipinski definition) is 0. The Balaban J connectivity index is 4.19. The van der Waals surface area contributed by atoms with Crippen LogP contribution in [0, 0.1) is 0 Å². The number of carbonyl (C=O) groups is 3. The van der Waals surface area contributed by atoms with Gasteiger partial charge >= 0.3 is 17.9 Å². The SMILES string of the molecule is CCCCCC/C=C\CCCCCCCC(=O)OCC(COC(=O)CCCCCCCCCCCCCCCCCCCCCCCCCCCCC)OC(=O)CCCCCCCCC/C=C\CCCCCCCCC. The Kier molecular flexibility index (Phi) is 63.6. The Hall–Kier alpha value is -2.11. The van der Waals surface area contributed by atoms with Crippen molar-refractivity contribution in [3.8, 4) is 0 Å². The van der Waals surface area contributed by atoms with Crippen LogP contribution in [-0.4, -0.2) is 37.2 Å². The number of carbonyl (C=O) groups excluding carboxylic acids is 3. The van der Waals surface area contributed by atoms with Crippen LogP contribution in [0.4, 0.5) is 0 Å². The highest BCUT2D eigenvalue weighted by atomic mass is 16.6. The first kappa shape index (κ1) is 73.9. The smallest absolute Gasteiger partial charge is 0.306 e. The largest absolute Gasteiger partial charge is 0.462 e. The zero-order chi connectivity index (χ0) is 55.0. The van der Waals surface area contributed by atoms with Gasteiger partial charge in [0.05, 0.1) is 0 Å².